The lowest BCUT2D eigenvalue weighted by Crippen LogP contribution is -2.42. The van der Waals surface area contributed by atoms with E-state index in [1.807, 2.05) is 29.1 Å². The van der Waals surface area contributed by atoms with E-state index in [-0.39, 0.29) is 24.0 Å². The molecule has 0 saturated heterocycles. The minimum Gasteiger partial charge on any atom is -0.357 e. The van der Waals surface area contributed by atoms with E-state index in [0.717, 1.165) is 31.0 Å². The van der Waals surface area contributed by atoms with Gasteiger partial charge in [0.2, 0.25) is 0 Å². The summed E-state index contributed by atoms with van der Waals surface area (Å²) in [5, 5.41) is 11.1. The quantitative estimate of drug-likeness (QED) is 0.327. The molecule has 0 saturated carbocycles. The van der Waals surface area contributed by atoms with Gasteiger partial charge in [-0.2, -0.15) is 5.10 Å². The van der Waals surface area contributed by atoms with Crippen LogP contribution in [0.4, 0.5) is 0 Å². The van der Waals surface area contributed by atoms with Crippen molar-refractivity contribution >= 4 is 29.9 Å². The van der Waals surface area contributed by atoms with E-state index in [0.29, 0.717) is 12.6 Å². The van der Waals surface area contributed by atoms with Crippen LogP contribution in [0.5, 0.6) is 0 Å². The van der Waals surface area contributed by atoms with Crippen LogP contribution in [0.2, 0.25) is 0 Å². The Bertz CT molecular complexity index is 670. The van der Waals surface area contributed by atoms with Crippen molar-refractivity contribution in [3.8, 4) is 5.69 Å². The smallest absolute Gasteiger partial charge is 0.191 e. The fraction of sp³-hybridized carbons (Fsp3) is 0.333. The Morgan fingerprint density at radius 3 is 2.83 bits per heavy atom. The summed E-state index contributed by atoms with van der Waals surface area (Å²) >= 11 is 0. The highest BCUT2D eigenvalue weighted by Crippen LogP contribution is 2.11. The van der Waals surface area contributed by atoms with Crippen LogP contribution in [0.25, 0.3) is 5.69 Å². The van der Waals surface area contributed by atoms with Gasteiger partial charge >= 0.3 is 0 Å². The van der Waals surface area contributed by atoms with Crippen molar-refractivity contribution in [3.05, 3.63) is 60.4 Å². The summed E-state index contributed by atoms with van der Waals surface area (Å²) in [6, 6.07) is 10.7. The summed E-state index contributed by atoms with van der Waals surface area (Å²) < 4.78 is 1.86. The highest BCUT2D eigenvalue weighted by Gasteiger charge is 2.11. The molecule has 5 nitrogen and oxygen atoms in total. The molecule has 0 unspecified atom stereocenters. The average Bonchev–Trinajstić information content (AvgIpc) is 3.27. The molecule has 1 aromatic heterocycles. The summed E-state index contributed by atoms with van der Waals surface area (Å²) in [4.78, 5) is 4.71. The fourth-order valence-corrected chi connectivity index (χ4v) is 2.64. The van der Waals surface area contributed by atoms with Crippen molar-refractivity contribution < 1.29 is 0 Å². The molecule has 1 aliphatic rings. The van der Waals surface area contributed by atoms with Gasteiger partial charge in [0, 0.05) is 25.0 Å². The van der Waals surface area contributed by atoms with Gasteiger partial charge in [-0.1, -0.05) is 24.3 Å². The average molecular weight is 437 g/mol. The molecule has 0 fully saturated rings. The molecule has 1 aromatic carbocycles. The van der Waals surface area contributed by atoms with Gasteiger partial charge in [0.25, 0.3) is 0 Å². The third-order valence-electron chi connectivity index (χ3n) is 3.79. The second kappa shape index (κ2) is 9.46. The van der Waals surface area contributed by atoms with Crippen LogP contribution in [-0.4, -0.2) is 28.3 Å². The summed E-state index contributed by atoms with van der Waals surface area (Å²) in [5.41, 5.74) is 2.22. The van der Waals surface area contributed by atoms with Crippen molar-refractivity contribution in [2.75, 3.05) is 6.54 Å². The Morgan fingerprint density at radius 1 is 1.29 bits per heavy atom. The van der Waals surface area contributed by atoms with Crippen molar-refractivity contribution in [3.63, 3.8) is 0 Å². The van der Waals surface area contributed by atoms with Crippen LogP contribution < -0.4 is 10.6 Å². The van der Waals surface area contributed by atoms with Crippen LogP contribution >= 0.6 is 24.0 Å². The standard InChI is InChI=1S/C18H23N5.HI/c1-2-19-18(22-16-8-3-4-9-16)20-14-15-7-5-10-17(13-15)23-12-6-11-21-23;/h3-7,10-13,16H,2,8-9,14H2,1H3,(H2,19,20,22);1H. The monoisotopic (exact) mass is 437 g/mol. The second-order valence-corrected chi connectivity index (χ2v) is 5.60. The van der Waals surface area contributed by atoms with Crippen LogP contribution in [0.3, 0.4) is 0 Å². The molecule has 1 heterocycles. The highest BCUT2D eigenvalue weighted by atomic mass is 127. The largest absolute Gasteiger partial charge is 0.357 e. The minimum absolute atomic E-state index is 0. The molecule has 2 aromatic rings. The topological polar surface area (TPSA) is 54.2 Å². The lowest BCUT2D eigenvalue weighted by Gasteiger charge is -2.16. The predicted octanol–water partition coefficient (Wildman–Crippen LogP) is 3.26. The Balaban J connectivity index is 0.00000208. The molecule has 6 heteroatoms. The summed E-state index contributed by atoms with van der Waals surface area (Å²) in [6.45, 7) is 3.59. The van der Waals surface area contributed by atoms with Gasteiger partial charge in [0.15, 0.2) is 5.96 Å². The maximum absolute atomic E-state index is 4.71. The Kier molecular flexibility index (Phi) is 7.30. The van der Waals surface area contributed by atoms with Crippen molar-refractivity contribution in [1.82, 2.24) is 20.4 Å². The fourth-order valence-electron chi connectivity index (χ4n) is 2.64. The molecule has 0 atom stereocenters. The van der Waals surface area contributed by atoms with Crippen LogP contribution in [0.1, 0.15) is 25.3 Å². The van der Waals surface area contributed by atoms with Gasteiger partial charge in [0.1, 0.15) is 0 Å². The SMILES string of the molecule is CCNC(=NCc1cccc(-n2cccn2)c1)NC1CC=CC1.I. The molecule has 0 aliphatic heterocycles. The first-order valence-corrected chi connectivity index (χ1v) is 8.14. The molecule has 128 valence electrons. The zero-order chi connectivity index (χ0) is 15.9. The van der Waals surface area contributed by atoms with Crippen molar-refractivity contribution in [1.29, 1.82) is 0 Å². The summed E-state index contributed by atoms with van der Waals surface area (Å²) in [6.07, 6.45) is 10.3. The number of halogens is 1. The molecule has 0 spiro atoms. The van der Waals surface area contributed by atoms with Gasteiger partial charge in [-0.25, -0.2) is 9.67 Å². The maximum atomic E-state index is 4.71. The molecule has 0 amide bonds. The second-order valence-electron chi connectivity index (χ2n) is 5.60. The molecule has 3 rings (SSSR count). The van der Waals surface area contributed by atoms with Crippen molar-refractivity contribution in [2.24, 2.45) is 4.99 Å². The lowest BCUT2D eigenvalue weighted by atomic mass is 10.2. The number of nitrogens with one attached hydrogen (secondary N) is 2. The molecule has 0 bridgehead atoms. The molecule has 2 N–H and O–H groups in total. The van der Waals surface area contributed by atoms with E-state index in [1.54, 1.807) is 6.20 Å². The summed E-state index contributed by atoms with van der Waals surface area (Å²) in [7, 11) is 0. The number of hydrogen-bond donors (Lipinski definition) is 2. The zero-order valence-electron chi connectivity index (χ0n) is 13.9. The molecule has 24 heavy (non-hydrogen) atoms. The summed E-state index contributed by atoms with van der Waals surface area (Å²) in [5.74, 6) is 0.880. The number of aliphatic imine (C=N–C) groups is 1. The molecular formula is C18H24IN5. The number of benzene rings is 1. The van der Waals surface area contributed by atoms with E-state index in [9.17, 15) is 0 Å². The van der Waals surface area contributed by atoms with Gasteiger partial charge in [-0.15, -0.1) is 24.0 Å². The van der Waals surface area contributed by atoms with Gasteiger partial charge in [0.05, 0.1) is 12.2 Å². The first-order valence-electron chi connectivity index (χ1n) is 8.14. The first kappa shape index (κ1) is 18.5. The van der Waals surface area contributed by atoms with Crippen LogP contribution in [0.15, 0.2) is 59.9 Å². The van der Waals surface area contributed by atoms with Gasteiger partial charge in [-0.3, -0.25) is 0 Å². The molecule has 0 radical (unpaired) electrons. The maximum Gasteiger partial charge on any atom is 0.191 e. The van der Waals surface area contributed by atoms with E-state index in [4.69, 9.17) is 4.99 Å². The lowest BCUT2D eigenvalue weighted by molar-refractivity contribution is 0.633. The number of guanidine groups is 1. The Labute approximate surface area is 160 Å². The van der Waals surface area contributed by atoms with Crippen molar-refractivity contribution in [2.45, 2.75) is 32.4 Å². The number of rotatable bonds is 5. The van der Waals surface area contributed by atoms with Gasteiger partial charge < -0.3 is 10.6 Å². The van der Waals surface area contributed by atoms with E-state index in [1.165, 1.54) is 5.56 Å². The van der Waals surface area contributed by atoms with Gasteiger partial charge in [-0.05, 0) is 43.5 Å². The zero-order valence-corrected chi connectivity index (χ0v) is 16.2. The van der Waals surface area contributed by atoms with E-state index in [2.05, 4.69) is 46.9 Å². The normalized spacial score (nSPS) is 14.5. The minimum atomic E-state index is 0. The predicted molar refractivity (Wildman–Crippen MR) is 109 cm³/mol. The van der Waals surface area contributed by atoms with E-state index < -0.39 is 0 Å². The van der Waals surface area contributed by atoms with Crippen LogP contribution in [0, 0.1) is 0 Å². The number of aromatic nitrogens is 2. The highest BCUT2D eigenvalue weighted by molar-refractivity contribution is 14.0. The number of nitrogens with zero attached hydrogens (tertiary/aromatic N) is 3. The third kappa shape index (κ3) is 5.09. The molecule has 1 aliphatic carbocycles. The number of hydrogen-bond acceptors (Lipinski definition) is 2. The Hall–Kier alpha value is -1.83. The third-order valence-corrected chi connectivity index (χ3v) is 3.79. The first-order chi connectivity index (χ1) is 11.3. The van der Waals surface area contributed by atoms with E-state index >= 15 is 0 Å². The van der Waals surface area contributed by atoms with Crippen LogP contribution in [-0.2, 0) is 6.54 Å². The molecular weight excluding hydrogens is 413 g/mol. The Morgan fingerprint density at radius 2 is 2.12 bits per heavy atom.